The highest BCUT2D eigenvalue weighted by Gasteiger charge is 2.21. The Kier molecular flexibility index (Phi) is 14.9. The lowest BCUT2D eigenvalue weighted by atomic mass is 10.1. The van der Waals surface area contributed by atoms with E-state index in [-0.39, 0.29) is 42.6 Å². The van der Waals surface area contributed by atoms with Gasteiger partial charge in [-0.3, -0.25) is 29.0 Å². The van der Waals surface area contributed by atoms with Gasteiger partial charge in [0.15, 0.2) is 11.6 Å². The van der Waals surface area contributed by atoms with Crippen LogP contribution in [0.3, 0.4) is 0 Å². The number of nitrogens with zero attached hydrogens (tertiary/aromatic N) is 3. The first-order chi connectivity index (χ1) is 15.5. The maximum Gasteiger partial charge on any atom is 0.238 e. The minimum absolute atomic E-state index is 0. The van der Waals surface area contributed by atoms with Gasteiger partial charge in [0.2, 0.25) is 11.8 Å². The van der Waals surface area contributed by atoms with Crippen LogP contribution >= 0.6 is 0 Å². The number of rotatable bonds is 9. The normalized spacial score (nSPS) is 17.7. The summed E-state index contributed by atoms with van der Waals surface area (Å²) in [6.07, 6.45) is 6.76. The summed E-state index contributed by atoms with van der Waals surface area (Å²) in [6.45, 7) is 18.5. The highest BCUT2D eigenvalue weighted by molar-refractivity contribution is 5.91. The minimum atomic E-state index is -0.0418. The summed E-state index contributed by atoms with van der Waals surface area (Å²) in [6, 6.07) is 0. The number of hydrogen-bond acceptors (Lipinski definition) is 6. The Hall–Kier alpha value is -2.58. The van der Waals surface area contributed by atoms with Crippen molar-refractivity contribution in [1.29, 1.82) is 0 Å². The summed E-state index contributed by atoms with van der Waals surface area (Å²) < 4.78 is 0. The summed E-state index contributed by atoms with van der Waals surface area (Å²) in [5.74, 6) is 0.388. The monoisotopic (exact) mass is 476 g/mol. The van der Waals surface area contributed by atoms with Crippen LogP contribution in [0.25, 0.3) is 0 Å². The van der Waals surface area contributed by atoms with E-state index in [1.807, 2.05) is 32.6 Å². The van der Waals surface area contributed by atoms with Gasteiger partial charge in [-0.1, -0.05) is 60.8 Å². The molecule has 0 aromatic carbocycles. The van der Waals surface area contributed by atoms with Crippen LogP contribution in [0.15, 0.2) is 36.6 Å². The zero-order chi connectivity index (χ0) is 25.0. The van der Waals surface area contributed by atoms with Crippen LogP contribution in [-0.4, -0.2) is 90.4 Å². The van der Waals surface area contributed by atoms with Crippen LogP contribution < -0.4 is 5.32 Å². The van der Waals surface area contributed by atoms with E-state index in [0.717, 1.165) is 19.6 Å². The lowest BCUT2D eigenvalue weighted by Gasteiger charge is -2.32. The lowest BCUT2D eigenvalue weighted by Crippen LogP contribution is -2.50. The molecule has 8 heteroatoms. The third-order valence-corrected chi connectivity index (χ3v) is 5.33. The van der Waals surface area contributed by atoms with Gasteiger partial charge in [0.1, 0.15) is 0 Å². The quantitative estimate of drug-likeness (QED) is 0.514. The minimum Gasteiger partial charge on any atom is -0.337 e. The average molecular weight is 477 g/mol. The van der Waals surface area contributed by atoms with E-state index in [1.54, 1.807) is 29.2 Å². The zero-order valence-corrected chi connectivity index (χ0v) is 20.8. The van der Waals surface area contributed by atoms with Crippen LogP contribution in [0.4, 0.5) is 0 Å². The molecule has 1 N–H and O–H groups in total. The summed E-state index contributed by atoms with van der Waals surface area (Å²) in [4.78, 5) is 51.5. The molecule has 2 aliphatic heterocycles. The van der Waals surface area contributed by atoms with Crippen LogP contribution in [0.1, 0.15) is 42.0 Å². The molecule has 2 rings (SSSR count). The first-order valence-electron chi connectivity index (χ1n) is 11.6. The van der Waals surface area contributed by atoms with Gasteiger partial charge in [0, 0.05) is 50.3 Å². The zero-order valence-electron chi connectivity index (χ0n) is 20.8. The van der Waals surface area contributed by atoms with E-state index >= 15 is 0 Å². The second-order valence-electron chi connectivity index (χ2n) is 8.95. The first kappa shape index (κ1) is 31.4. The van der Waals surface area contributed by atoms with Gasteiger partial charge in [-0.15, -0.1) is 0 Å². The first-order valence-corrected chi connectivity index (χ1v) is 11.6. The molecule has 0 aliphatic carbocycles. The van der Waals surface area contributed by atoms with Crippen molar-refractivity contribution >= 4 is 23.4 Å². The molecular formula is C26H44N4O4. The van der Waals surface area contributed by atoms with E-state index in [2.05, 4.69) is 23.7 Å². The molecule has 2 aliphatic rings. The summed E-state index contributed by atoms with van der Waals surface area (Å²) >= 11 is 0. The van der Waals surface area contributed by atoms with E-state index < -0.39 is 0 Å². The molecule has 0 aromatic heterocycles. The molecule has 0 saturated carbocycles. The Bertz CT molecular complexity index is 755. The summed E-state index contributed by atoms with van der Waals surface area (Å²) in [5.41, 5.74) is 0.708. The highest BCUT2D eigenvalue weighted by Crippen LogP contribution is 2.04. The van der Waals surface area contributed by atoms with Gasteiger partial charge in [-0.05, 0) is 18.7 Å². The molecule has 2 fully saturated rings. The van der Waals surface area contributed by atoms with Crippen molar-refractivity contribution in [3.05, 3.63) is 36.6 Å². The molecule has 2 amide bonds. The van der Waals surface area contributed by atoms with E-state index in [1.165, 1.54) is 0 Å². The number of carbonyl (C=O) groups excluding carboxylic acids is 4. The van der Waals surface area contributed by atoms with Crippen LogP contribution in [0, 0.1) is 11.8 Å². The fraction of sp³-hybridized carbons (Fsp3) is 0.615. The van der Waals surface area contributed by atoms with Crippen LogP contribution in [-0.2, 0) is 19.2 Å². The van der Waals surface area contributed by atoms with Gasteiger partial charge in [0.25, 0.3) is 0 Å². The molecular weight excluding hydrogens is 432 g/mol. The Balaban J connectivity index is 0.000000623. The van der Waals surface area contributed by atoms with Crippen molar-refractivity contribution in [2.75, 3.05) is 52.4 Å². The predicted molar refractivity (Wildman–Crippen MR) is 137 cm³/mol. The third-order valence-electron chi connectivity index (χ3n) is 5.33. The van der Waals surface area contributed by atoms with Crippen molar-refractivity contribution in [3.63, 3.8) is 0 Å². The molecule has 0 aromatic rings. The van der Waals surface area contributed by atoms with Crippen molar-refractivity contribution in [3.8, 4) is 0 Å². The fourth-order valence-corrected chi connectivity index (χ4v) is 3.15. The topological polar surface area (TPSA) is 90.0 Å². The average Bonchev–Trinajstić information content (AvgIpc) is 2.74. The lowest BCUT2D eigenvalue weighted by molar-refractivity contribution is -0.135. The molecule has 8 nitrogen and oxygen atoms in total. The Labute approximate surface area is 205 Å². The molecule has 0 unspecified atom stereocenters. The Morgan fingerprint density at radius 2 is 1.47 bits per heavy atom. The standard InChI is InChI=1S/C13H22N2O2.C12H18N2O2.CH4/c1-4-14-8-9-15(13(17)10-14)7-5-6-12(16)11(2)3;1-9(2)11(15)5-4-6-14-7-10(3)13-12(16)8-14;/h5-6,11H,4,7-10H2,1-3H3;4-5,9H,3,6-8H2,1-2H3,(H,13,16);1H4/b6-5+;5-4+;. The number of amides is 2. The number of likely N-dealkylation sites (N-methyl/N-ethyl adjacent to an activating group) is 1. The predicted octanol–water partition coefficient (Wildman–Crippen LogP) is 2.28. The van der Waals surface area contributed by atoms with Gasteiger partial charge < -0.3 is 10.2 Å². The largest absolute Gasteiger partial charge is 0.337 e. The van der Waals surface area contributed by atoms with Crippen molar-refractivity contribution < 1.29 is 19.2 Å². The molecule has 2 heterocycles. The second-order valence-corrected chi connectivity index (χ2v) is 8.95. The molecule has 0 radical (unpaired) electrons. The fourth-order valence-electron chi connectivity index (χ4n) is 3.15. The van der Waals surface area contributed by atoms with E-state index in [0.29, 0.717) is 38.4 Å². The van der Waals surface area contributed by atoms with Crippen LogP contribution in [0.2, 0.25) is 0 Å². The molecule has 0 bridgehead atoms. The van der Waals surface area contributed by atoms with Gasteiger partial charge in [-0.2, -0.15) is 0 Å². The number of allylic oxidation sites excluding steroid dienone is 2. The van der Waals surface area contributed by atoms with Crippen LogP contribution in [0.5, 0.6) is 0 Å². The molecule has 0 spiro atoms. The smallest absolute Gasteiger partial charge is 0.238 e. The number of nitrogens with one attached hydrogen (secondary N) is 1. The molecule has 34 heavy (non-hydrogen) atoms. The Morgan fingerprint density at radius 1 is 0.912 bits per heavy atom. The summed E-state index contributed by atoms with van der Waals surface area (Å²) in [7, 11) is 0. The van der Waals surface area contributed by atoms with Gasteiger partial charge in [-0.25, -0.2) is 0 Å². The van der Waals surface area contributed by atoms with E-state index in [4.69, 9.17) is 0 Å². The number of ketones is 2. The highest BCUT2D eigenvalue weighted by atomic mass is 16.2. The van der Waals surface area contributed by atoms with E-state index in [9.17, 15) is 19.2 Å². The van der Waals surface area contributed by atoms with Crippen molar-refractivity contribution in [2.45, 2.75) is 42.0 Å². The maximum atomic E-state index is 11.7. The van der Waals surface area contributed by atoms with Crippen molar-refractivity contribution in [2.24, 2.45) is 11.8 Å². The number of piperazine rings is 2. The number of carbonyl (C=O) groups is 4. The summed E-state index contributed by atoms with van der Waals surface area (Å²) in [5, 5.41) is 2.66. The van der Waals surface area contributed by atoms with Gasteiger partial charge in [0.05, 0.1) is 13.1 Å². The number of hydrogen-bond donors (Lipinski definition) is 1. The molecule has 0 atom stereocenters. The maximum absolute atomic E-state index is 11.7. The van der Waals surface area contributed by atoms with Gasteiger partial charge >= 0.3 is 0 Å². The Morgan fingerprint density at radius 3 is 1.94 bits per heavy atom. The third kappa shape index (κ3) is 12.0. The molecule has 2 saturated heterocycles. The molecule has 192 valence electrons. The second kappa shape index (κ2) is 16.1. The van der Waals surface area contributed by atoms with Crippen molar-refractivity contribution in [1.82, 2.24) is 20.0 Å². The SMILES string of the molecule is C.C=C1CN(C/C=C/C(=O)C(C)C)CC(=O)N1.CCN1CCN(C/C=C/C(=O)C(C)C)C(=O)C1.